The standard InChI is InChI=1S/C20H32N4O6S/c1-4-14(25)12(2)23-19(29)13(3)22-17(27)8-6-5-7-16(26)21-9-10-24-18(28)11-15(31)20(24)30/h12-13,15,31H,4-11H2,1-3H3,(H,21,26)(H,22,27)(H,23,29)/t12-,13-,15?/m0/s1. The van der Waals surface area contributed by atoms with Crippen molar-refractivity contribution in [2.45, 2.75) is 76.6 Å². The normalized spacial score (nSPS) is 17.8. The molecule has 1 heterocycles. The highest BCUT2D eigenvalue weighted by atomic mass is 32.1. The zero-order chi connectivity index (χ0) is 23.6. The number of nitrogens with one attached hydrogen (secondary N) is 3. The average Bonchev–Trinajstić information content (AvgIpc) is 2.96. The molecule has 3 atom stereocenters. The molecule has 10 nitrogen and oxygen atoms in total. The highest BCUT2D eigenvalue weighted by Gasteiger charge is 2.35. The van der Waals surface area contributed by atoms with E-state index in [2.05, 4.69) is 28.6 Å². The van der Waals surface area contributed by atoms with Gasteiger partial charge in [0, 0.05) is 38.8 Å². The molecule has 174 valence electrons. The summed E-state index contributed by atoms with van der Waals surface area (Å²) in [7, 11) is 0. The Kier molecular flexibility index (Phi) is 11.2. The average molecular weight is 457 g/mol. The SMILES string of the molecule is CCC(=O)[C@H](C)NC(=O)[C@H](C)NC(=O)CCCCC(=O)NCCN1C(=O)CC(S)C1=O. The lowest BCUT2D eigenvalue weighted by atomic mass is 10.1. The fourth-order valence-corrected chi connectivity index (χ4v) is 3.27. The van der Waals surface area contributed by atoms with Gasteiger partial charge >= 0.3 is 0 Å². The molecule has 31 heavy (non-hydrogen) atoms. The maximum atomic E-state index is 12.0. The van der Waals surface area contributed by atoms with Gasteiger partial charge < -0.3 is 16.0 Å². The van der Waals surface area contributed by atoms with Crippen molar-refractivity contribution < 1.29 is 28.8 Å². The van der Waals surface area contributed by atoms with Crippen LogP contribution < -0.4 is 16.0 Å². The molecule has 1 aliphatic rings. The number of hydrogen-bond donors (Lipinski definition) is 4. The van der Waals surface area contributed by atoms with Gasteiger partial charge in [-0.15, -0.1) is 0 Å². The largest absolute Gasteiger partial charge is 0.354 e. The number of Topliss-reactive ketones (excluding diaryl/α,β-unsaturated/α-hetero) is 1. The summed E-state index contributed by atoms with van der Waals surface area (Å²) in [5.41, 5.74) is 0. The minimum atomic E-state index is -0.768. The van der Waals surface area contributed by atoms with Crippen molar-refractivity contribution in [3.05, 3.63) is 0 Å². The van der Waals surface area contributed by atoms with Crippen LogP contribution in [0.2, 0.25) is 0 Å². The Bertz CT molecular complexity index is 714. The number of nitrogens with zero attached hydrogens (tertiary/aromatic N) is 1. The third kappa shape index (κ3) is 9.07. The van der Waals surface area contributed by atoms with Gasteiger partial charge in [0.25, 0.3) is 0 Å². The smallest absolute Gasteiger partial charge is 0.242 e. The molecule has 0 saturated carbocycles. The molecule has 0 aliphatic carbocycles. The van der Waals surface area contributed by atoms with E-state index in [9.17, 15) is 28.8 Å². The lowest BCUT2D eigenvalue weighted by Crippen LogP contribution is -2.49. The fraction of sp³-hybridized carbons (Fsp3) is 0.700. The molecule has 1 fully saturated rings. The first-order valence-corrected chi connectivity index (χ1v) is 11.0. The van der Waals surface area contributed by atoms with Gasteiger partial charge in [-0.3, -0.25) is 33.7 Å². The quantitative estimate of drug-likeness (QED) is 0.170. The molecule has 1 aliphatic heterocycles. The van der Waals surface area contributed by atoms with Crippen molar-refractivity contribution in [3.63, 3.8) is 0 Å². The summed E-state index contributed by atoms with van der Waals surface area (Å²) in [6.45, 7) is 5.13. The van der Waals surface area contributed by atoms with Crippen LogP contribution in [0, 0.1) is 0 Å². The minimum Gasteiger partial charge on any atom is -0.354 e. The third-order valence-electron chi connectivity index (χ3n) is 4.90. The Morgan fingerprint density at radius 3 is 2.19 bits per heavy atom. The fourth-order valence-electron chi connectivity index (χ4n) is 2.97. The maximum absolute atomic E-state index is 12.0. The number of ketones is 1. The van der Waals surface area contributed by atoms with E-state index >= 15 is 0 Å². The van der Waals surface area contributed by atoms with Crippen molar-refractivity contribution >= 4 is 47.9 Å². The molecule has 0 spiro atoms. The summed E-state index contributed by atoms with van der Waals surface area (Å²) >= 11 is 4.03. The van der Waals surface area contributed by atoms with Gasteiger partial charge in [-0.05, 0) is 26.7 Å². The van der Waals surface area contributed by atoms with Crippen molar-refractivity contribution in [2.24, 2.45) is 0 Å². The molecule has 1 saturated heterocycles. The second-order valence-electron chi connectivity index (χ2n) is 7.50. The molecule has 0 radical (unpaired) electrons. The first-order chi connectivity index (χ1) is 14.6. The van der Waals surface area contributed by atoms with Crippen LogP contribution in [0.3, 0.4) is 0 Å². The van der Waals surface area contributed by atoms with Gasteiger partial charge in [0.1, 0.15) is 6.04 Å². The van der Waals surface area contributed by atoms with E-state index in [1.54, 1.807) is 13.8 Å². The van der Waals surface area contributed by atoms with Gasteiger partial charge in [0.2, 0.25) is 29.5 Å². The van der Waals surface area contributed by atoms with Crippen LogP contribution in [-0.2, 0) is 28.8 Å². The van der Waals surface area contributed by atoms with Crippen LogP contribution in [0.1, 0.15) is 59.3 Å². The van der Waals surface area contributed by atoms with Gasteiger partial charge in [-0.2, -0.15) is 12.6 Å². The minimum absolute atomic E-state index is 0.0775. The molecule has 3 N–H and O–H groups in total. The third-order valence-corrected chi connectivity index (χ3v) is 5.30. The first-order valence-electron chi connectivity index (χ1n) is 10.5. The highest BCUT2D eigenvalue weighted by Crippen LogP contribution is 2.16. The zero-order valence-electron chi connectivity index (χ0n) is 18.2. The van der Waals surface area contributed by atoms with E-state index in [0.717, 1.165) is 4.90 Å². The number of rotatable bonds is 13. The van der Waals surface area contributed by atoms with E-state index in [1.807, 2.05) is 0 Å². The maximum Gasteiger partial charge on any atom is 0.242 e. The van der Waals surface area contributed by atoms with E-state index in [1.165, 1.54) is 6.92 Å². The Labute approximate surface area is 187 Å². The lowest BCUT2D eigenvalue weighted by Gasteiger charge is -2.17. The molecule has 0 aromatic carbocycles. The molecule has 11 heteroatoms. The Morgan fingerprint density at radius 1 is 1.03 bits per heavy atom. The summed E-state index contributed by atoms with van der Waals surface area (Å²) in [4.78, 5) is 71.8. The van der Waals surface area contributed by atoms with Gasteiger partial charge in [0.05, 0.1) is 11.3 Å². The predicted octanol–water partition coefficient (Wildman–Crippen LogP) is -0.291. The van der Waals surface area contributed by atoms with Crippen LogP contribution in [0.5, 0.6) is 0 Å². The van der Waals surface area contributed by atoms with Crippen LogP contribution in [0.15, 0.2) is 0 Å². The molecule has 1 unspecified atom stereocenters. The number of unbranched alkanes of at least 4 members (excludes halogenated alkanes) is 1. The number of thiol groups is 1. The number of hydrogen-bond acceptors (Lipinski definition) is 7. The Hall–Kier alpha value is -2.43. The van der Waals surface area contributed by atoms with Crippen molar-refractivity contribution in [1.29, 1.82) is 0 Å². The van der Waals surface area contributed by atoms with E-state index in [4.69, 9.17) is 0 Å². The summed E-state index contributed by atoms with van der Waals surface area (Å²) < 4.78 is 0. The summed E-state index contributed by atoms with van der Waals surface area (Å²) in [5.74, 6) is -1.70. The molecular formula is C20H32N4O6S. The Balaban J connectivity index is 2.17. The second-order valence-corrected chi connectivity index (χ2v) is 8.12. The molecule has 0 aromatic rings. The number of amides is 5. The van der Waals surface area contributed by atoms with E-state index in [-0.39, 0.29) is 61.8 Å². The van der Waals surface area contributed by atoms with Gasteiger partial charge in [0.15, 0.2) is 5.78 Å². The second kappa shape index (κ2) is 13.1. The number of likely N-dealkylation sites (tertiary alicyclic amines) is 1. The highest BCUT2D eigenvalue weighted by molar-refractivity contribution is 7.81. The topological polar surface area (TPSA) is 142 Å². The first kappa shape index (κ1) is 26.6. The molecule has 1 rings (SSSR count). The molecule has 5 amide bonds. The van der Waals surface area contributed by atoms with Crippen molar-refractivity contribution in [1.82, 2.24) is 20.9 Å². The lowest BCUT2D eigenvalue weighted by molar-refractivity contribution is -0.138. The van der Waals surface area contributed by atoms with E-state index < -0.39 is 23.2 Å². The predicted molar refractivity (Wildman–Crippen MR) is 116 cm³/mol. The molecule has 0 bridgehead atoms. The summed E-state index contributed by atoms with van der Waals surface area (Å²) in [5, 5.41) is 7.16. The monoisotopic (exact) mass is 456 g/mol. The van der Waals surface area contributed by atoms with Gasteiger partial charge in [-0.1, -0.05) is 6.92 Å². The van der Waals surface area contributed by atoms with Crippen LogP contribution in [0.25, 0.3) is 0 Å². The van der Waals surface area contributed by atoms with E-state index in [0.29, 0.717) is 19.3 Å². The van der Waals surface area contributed by atoms with Gasteiger partial charge in [-0.25, -0.2) is 0 Å². The van der Waals surface area contributed by atoms with Crippen molar-refractivity contribution in [2.75, 3.05) is 13.1 Å². The van der Waals surface area contributed by atoms with Crippen LogP contribution >= 0.6 is 12.6 Å². The molecular weight excluding hydrogens is 424 g/mol. The number of carbonyl (C=O) groups is 6. The Morgan fingerprint density at radius 2 is 1.65 bits per heavy atom. The summed E-state index contributed by atoms with van der Waals surface area (Å²) in [6, 6.07) is -1.37. The number of carbonyl (C=O) groups excluding carboxylic acids is 6. The number of imide groups is 1. The van der Waals surface area contributed by atoms with Crippen LogP contribution in [0.4, 0.5) is 0 Å². The van der Waals surface area contributed by atoms with Crippen molar-refractivity contribution in [3.8, 4) is 0 Å². The summed E-state index contributed by atoms with van der Waals surface area (Å²) in [6.07, 6.45) is 1.70. The zero-order valence-corrected chi connectivity index (χ0v) is 19.1. The van der Waals surface area contributed by atoms with Crippen LogP contribution in [-0.4, -0.2) is 70.6 Å². The molecule has 0 aromatic heterocycles.